The number of carbonyl (C=O) groups excluding carboxylic acids is 1. The van der Waals surface area contributed by atoms with E-state index in [1.165, 1.54) is 29.2 Å². The molecule has 1 saturated heterocycles. The number of fused-ring (bicyclic) bond motifs is 1. The molecule has 2 aromatic rings. The van der Waals surface area contributed by atoms with Gasteiger partial charge >= 0.3 is 0 Å². The molecule has 1 aliphatic rings. The third-order valence-electron chi connectivity index (χ3n) is 4.63. The van der Waals surface area contributed by atoms with Crippen LogP contribution in [0.25, 0.3) is 10.8 Å². The predicted octanol–water partition coefficient (Wildman–Crippen LogP) is 4.11. The summed E-state index contributed by atoms with van der Waals surface area (Å²) < 4.78 is 0. The molecule has 0 atom stereocenters. The van der Waals surface area contributed by atoms with E-state index in [1.807, 2.05) is 12.1 Å². The smallest absolute Gasteiger partial charge is 0.251 e. The number of halogens is 1. The Hall–Kier alpha value is -1.58. The van der Waals surface area contributed by atoms with Gasteiger partial charge < -0.3 is 10.6 Å². The third kappa shape index (κ3) is 4.28. The molecule has 2 N–H and O–H groups in total. The lowest BCUT2D eigenvalue weighted by Gasteiger charge is -2.24. The lowest BCUT2D eigenvalue weighted by atomic mass is 9.86. The predicted molar refractivity (Wildman–Crippen MR) is 103 cm³/mol. The van der Waals surface area contributed by atoms with Crippen LogP contribution in [0, 0.1) is 5.92 Å². The molecule has 0 unspecified atom stereocenters. The Morgan fingerprint density at radius 3 is 2.67 bits per heavy atom. The number of carbonyl (C=O) groups is 1. The first-order valence-electron chi connectivity index (χ1n) is 8.66. The molecular weight excluding hydrogens is 320 g/mol. The van der Waals surface area contributed by atoms with Gasteiger partial charge in [-0.2, -0.15) is 0 Å². The molecule has 1 amide bonds. The van der Waals surface area contributed by atoms with Crippen molar-refractivity contribution in [2.45, 2.75) is 32.6 Å². The van der Waals surface area contributed by atoms with Crippen LogP contribution < -0.4 is 10.6 Å². The maximum absolute atomic E-state index is 12.3. The first kappa shape index (κ1) is 18.8. The molecule has 1 aliphatic heterocycles. The van der Waals surface area contributed by atoms with Gasteiger partial charge in [-0.25, -0.2) is 0 Å². The molecule has 0 aliphatic carbocycles. The van der Waals surface area contributed by atoms with Gasteiger partial charge in [-0.1, -0.05) is 38.1 Å². The first-order chi connectivity index (χ1) is 11.1. The summed E-state index contributed by atoms with van der Waals surface area (Å²) in [5.74, 6) is 1.11. The van der Waals surface area contributed by atoms with Gasteiger partial charge in [-0.05, 0) is 66.2 Å². The van der Waals surface area contributed by atoms with E-state index in [-0.39, 0.29) is 18.3 Å². The van der Waals surface area contributed by atoms with E-state index in [2.05, 4.69) is 48.7 Å². The van der Waals surface area contributed by atoms with Crippen LogP contribution in [0.4, 0.5) is 0 Å². The van der Waals surface area contributed by atoms with Crippen molar-refractivity contribution in [3.05, 3.63) is 47.5 Å². The highest BCUT2D eigenvalue weighted by molar-refractivity contribution is 5.99. The quantitative estimate of drug-likeness (QED) is 0.874. The Morgan fingerprint density at radius 1 is 1.21 bits per heavy atom. The highest BCUT2D eigenvalue weighted by atomic mass is 35.5. The molecule has 3 nitrogen and oxygen atoms in total. The average molecular weight is 347 g/mol. The number of amides is 1. The second-order valence-corrected chi connectivity index (χ2v) is 6.91. The van der Waals surface area contributed by atoms with Crippen molar-refractivity contribution in [3.63, 3.8) is 0 Å². The van der Waals surface area contributed by atoms with Crippen molar-refractivity contribution < 1.29 is 4.79 Å². The lowest BCUT2D eigenvalue weighted by molar-refractivity contribution is 0.0949. The molecule has 0 saturated carbocycles. The van der Waals surface area contributed by atoms with Crippen LogP contribution in [0.15, 0.2) is 36.4 Å². The minimum atomic E-state index is 0. The van der Waals surface area contributed by atoms with Crippen molar-refractivity contribution in [1.29, 1.82) is 0 Å². The van der Waals surface area contributed by atoms with Gasteiger partial charge in [0.2, 0.25) is 0 Å². The first-order valence-corrected chi connectivity index (χ1v) is 8.66. The second-order valence-electron chi connectivity index (χ2n) is 6.91. The molecule has 130 valence electrons. The van der Waals surface area contributed by atoms with Crippen molar-refractivity contribution in [3.8, 4) is 0 Å². The Morgan fingerprint density at radius 2 is 1.96 bits per heavy atom. The van der Waals surface area contributed by atoms with Gasteiger partial charge in [-0.15, -0.1) is 12.4 Å². The molecule has 1 heterocycles. The van der Waals surface area contributed by atoms with E-state index in [9.17, 15) is 4.79 Å². The van der Waals surface area contributed by atoms with Gasteiger partial charge in [0.15, 0.2) is 0 Å². The lowest BCUT2D eigenvalue weighted by Crippen LogP contribution is -2.27. The Labute approximate surface area is 150 Å². The Balaban J connectivity index is 0.00000208. The van der Waals surface area contributed by atoms with E-state index < -0.39 is 0 Å². The zero-order valence-corrected chi connectivity index (χ0v) is 15.3. The van der Waals surface area contributed by atoms with Crippen molar-refractivity contribution in [2.24, 2.45) is 5.92 Å². The monoisotopic (exact) mass is 346 g/mol. The second kappa shape index (κ2) is 8.50. The molecule has 24 heavy (non-hydrogen) atoms. The molecule has 1 fully saturated rings. The summed E-state index contributed by atoms with van der Waals surface area (Å²) >= 11 is 0. The molecule has 3 rings (SSSR count). The molecule has 0 aromatic heterocycles. The van der Waals surface area contributed by atoms with Crippen LogP contribution in [0.3, 0.4) is 0 Å². The highest BCUT2D eigenvalue weighted by Crippen LogP contribution is 2.31. The minimum absolute atomic E-state index is 0. The topological polar surface area (TPSA) is 41.1 Å². The molecule has 0 spiro atoms. The van der Waals surface area contributed by atoms with Crippen LogP contribution in [0.5, 0.6) is 0 Å². The van der Waals surface area contributed by atoms with Crippen molar-refractivity contribution >= 4 is 29.1 Å². The molecule has 0 bridgehead atoms. The van der Waals surface area contributed by atoms with E-state index in [4.69, 9.17) is 0 Å². The fraction of sp³-hybridized carbons (Fsp3) is 0.450. The maximum atomic E-state index is 12.3. The Bertz CT molecular complexity index is 693. The maximum Gasteiger partial charge on any atom is 0.251 e. The van der Waals surface area contributed by atoms with Crippen LogP contribution in [-0.4, -0.2) is 25.5 Å². The number of hydrogen-bond acceptors (Lipinski definition) is 2. The molecule has 0 radical (unpaired) electrons. The van der Waals surface area contributed by atoms with Gasteiger partial charge in [0, 0.05) is 12.1 Å². The molecule has 4 heteroatoms. The molecule has 2 aromatic carbocycles. The zero-order chi connectivity index (χ0) is 16.2. The third-order valence-corrected chi connectivity index (χ3v) is 4.63. The van der Waals surface area contributed by atoms with Gasteiger partial charge in [0.1, 0.15) is 0 Å². The van der Waals surface area contributed by atoms with E-state index in [1.54, 1.807) is 0 Å². The minimum Gasteiger partial charge on any atom is -0.352 e. The number of piperidine rings is 1. The standard InChI is InChI=1S/C20H26N2O.ClH/c1-14(2)13-22-20(23)17-6-7-19-16(12-17)4-3-5-18(19)15-8-10-21-11-9-15;/h3-7,12,14-15,21H,8-11,13H2,1-2H3,(H,22,23);1H. The van der Waals surface area contributed by atoms with E-state index >= 15 is 0 Å². The largest absolute Gasteiger partial charge is 0.352 e. The van der Waals surface area contributed by atoms with E-state index in [0.29, 0.717) is 18.4 Å². The van der Waals surface area contributed by atoms with Gasteiger partial charge in [0.25, 0.3) is 5.91 Å². The summed E-state index contributed by atoms with van der Waals surface area (Å²) in [6.07, 6.45) is 2.38. The van der Waals surface area contributed by atoms with Crippen molar-refractivity contribution in [1.82, 2.24) is 10.6 Å². The normalized spacial score (nSPS) is 15.3. The van der Waals surface area contributed by atoms with Crippen LogP contribution in [-0.2, 0) is 0 Å². The van der Waals surface area contributed by atoms with Crippen molar-refractivity contribution in [2.75, 3.05) is 19.6 Å². The highest BCUT2D eigenvalue weighted by Gasteiger charge is 2.17. The zero-order valence-electron chi connectivity index (χ0n) is 14.5. The average Bonchev–Trinajstić information content (AvgIpc) is 2.59. The fourth-order valence-corrected chi connectivity index (χ4v) is 3.34. The summed E-state index contributed by atoms with van der Waals surface area (Å²) in [4.78, 5) is 12.3. The van der Waals surface area contributed by atoms with Crippen LogP contribution in [0.1, 0.15) is 48.5 Å². The Kier molecular flexibility index (Phi) is 6.64. The summed E-state index contributed by atoms with van der Waals surface area (Å²) in [7, 11) is 0. The number of rotatable bonds is 4. The van der Waals surface area contributed by atoms with Crippen LogP contribution in [0.2, 0.25) is 0 Å². The number of hydrogen-bond donors (Lipinski definition) is 2. The molecular formula is C20H27ClN2O. The van der Waals surface area contributed by atoms with E-state index in [0.717, 1.165) is 18.7 Å². The SMILES string of the molecule is CC(C)CNC(=O)c1ccc2c(C3CCNCC3)cccc2c1.Cl. The summed E-state index contributed by atoms with van der Waals surface area (Å²) in [6, 6.07) is 12.6. The summed E-state index contributed by atoms with van der Waals surface area (Å²) in [6.45, 7) is 7.11. The summed E-state index contributed by atoms with van der Waals surface area (Å²) in [5.41, 5.74) is 2.18. The van der Waals surface area contributed by atoms with Gasteiger partial charge in [-0.3, -0.25) is 4.79 Å². The number of nitrogens with one attached hydrogen (secondary N) is 2. The van der Waals surface area contributed by atoms with Crippen LogP contribution >= 0.6 is 12.4 Å². The summed E-state index contributed by atoms with van der Waals surface area (Å²) in [5, 5.41) is 8.88. The number of benzene rings is 2. The fourth-order valence-electron chi connectivity index (χ4n) is 3.34. The van der Waals surface area contributed by atoms with Gasteiger partial charge in [0.05, 0.1) is 0 Å².